The zero-order chi connectivity index (χ0) is 14.9. The summed E-state index contributed by atoms with van der Waals surface area (Å²) in [6, 6.07) is 7.99. The molecule has 20 heavy (non-hydrogen) atoms. The zero-order valence-electron chi connectivity index (χ0n) is 12.2. The predicted octanol–water partition coefficient (Wildman–Crippen LogP) is 2.79. The summed E-state index contributed by atoms with van der Waals surface area (Å²) in [6.45, 7) is 3.70. The molecule has 2 aromatic rings. The number of carbonyl (C=O) groups excluding carboxylic acids is 2. The molecule has 2 rings (SSSR count). The first-order chi connectivity index (χ1) is 9.51. The van der Waals surface area contributed by atoms with Crippen molar-refractivity contribution in [3.63, 3.8) is 0 Å². The number of hydrogen-bond donors (Lipinski definition) is 0. The molecule has 104 valence electrons. The molecule has 0 amide bonds. The van der Waals surface area contributed by atoms with Gasteiger partial charge in [0.15, 0.2) is 12.6 Å². The molecule has 1 aromatic carbocycles. The summed E-state index contributed by atoms with van der Waals surface area (Å²) in [5.74, 6) is 0. The van der Waals surface area contributed by atoms with Crippen molar-refractivity contribution in [3.8, 4) is 5.69 Å². The number of hydrogen-bond acceptors (Lipinski definition) is 3. The van der Waals surface area contributed by atoms with Crippen molar-refractivity contribution in [1.29, 1.82) is 0 Å². The molecule has 0 spiro atoms. The molecule has 0 aliphatic heterocycles. The first-order valence-corrected chi connectivity index (χ1v) is 6.41. The van der Waals surface area contributed by atoms with Gasteiger partial charge in [0.2, 0.25) is 0 Å². The highest BCUT2D eigenvalue weighted by Gasteiger charge is 2.17. The maximum absolute atomic E-state index is 11.2. The molecule has 0 N–H and O–H groups in total. The lowest BCUT2D eigenvalue weighted by Crippen LogP contribution is -2.08. The van der Waals surface area contributed by atoms with Crippen molar-refractivity contribution >= 4 is 18.3 Å². The smallest absolute Gasteiger partial charge is 0.152 e. The quantitative estimate of drug-likeness (QED) is 0.802. The Balaban J connectivity index is 2.61. The van der Waals surface area contributed by atoms with Gasteiger partial charge in [-0.15, -0.1) is 0 Å². The minimum absolute atomic E-state index is 0.467. The van der Waals surface area contributed by atoms with E-state index >= 15 is 0 Å². The average Bonchev–Trinajstić information content (AvgIpc) is 2.68. The van der Waals surface area contributed by atoms with Crippen LogP contribution in [0, 0.1) is 13.8 Å². The number of carbonyl (C=O) groups is 2. The van der Waals surface area contributed by atoms with Gasteiger partial charge >= 0.3 is 0 Å². The summed E-state index contributed by atoms with van der Waals surface area (Å²) in [4.78, 5) is 24.4. The molecule has 0 atom stereocenters. The zero-order valence-corrected chi connectivity index (χ0v) is 12.2. The summed E-state index contributed by atoms with van der Waals surface area (Å²) in [7, 11) is 3.96. The van der Waals surface area contributed by atoms with E-state index in [0.717, 1.165) is 35.3 Å². The van der Waals surface area contributed by atoms with Gasteiger partial charge in [0.1, 0.15) is 0 Å². The van der Waals surface area contributed by atoms with Crippen LogP contribution in [0.4, 0.5) is 5.69 Å². The standard InChI is InChI=1S/C16H18N2O2/c1-11-15(9-19)16(10-20)12(2)18(11)14-7-5-13(6-8-14)17(3)4/h5-10H,1-4H3. The van der Waals surface area contributed by atoms with Gasteiger partial charge in [0, 0.05) is 48.0 Å². The molecule has 4 nitrogen and oxygen atoms in total. The third kappa shape index (κ3) is 2.13. The van der Waals surface area contributed by atoms with Crippen LogP contribution >= 0.6 is 0 Å². The molecule has 0 bridgehead atoms. The Kier molecular flexibility index (Phi) is 3.74. The summed E-state index contributed by atoms with van der Waals surface area (Å²) >= 11 is 0. The molecule has 4 heteroatoms. The SMILES string of the molecule is Cc1c(C=O)c(C=O)c(C)n1-c1ccc(N(C)C)cc1. The number of aromatic nitrogens is 1. The molecule has 1 aromatic heterocycles. The minimum Gasteiger partial charge on any atom is -0.378 e. The minimum atomic E-state index is 0.467. The van der Waals surface area contributed by atoms with Gasteiger partial charge in [-0.25, -0.2) is 0 Å². The maximum atomic E-state index is 11.2. The van der Waals surface area contributed by atoms with Crippen molar-refractivity contribution < 1.29 is 9.59 Å². The normalized spacial score (nSPS) is 10.4. The molecule has 0 radical (unpaired) electrons. The van der Waals surface area contributed by atoms with Crippen molar-refractivity contribution in [3.05, 3.63) is 46.8 Å². The monoisotopic (exact) mass is 270 g/mol. The number of benzene rings is 1. The third-order valence-corrected chi connectivity index (χ3v) is 3.60. The van der Waals surface area contributed by atoms with Gasteiger partial charge in [-0.1, -0.05) is 0 Å². The topological polar surface area (TPSA) is 42.3 Å². The van der Waals surface area contributed by atoms with Crippen LogP contribution in [0.15, 0.2) is 24.3 Å². The van der Waals surface area contributed by atoms with E-state index in [1.165, 1.54) is 0 Å². The summed E-state index contributed by atoms with van der Waals surface area (Å²) in [5.41, 5.74) is 4.56. The summed E-state index contributed by atoms with van der Waals surface area (Å²) < 4.78 is 1.94. The highest BCUT2D eigenvalue weighted by molar-refractivity contribution is 5.93. The lowest BCUT2D eigenvalue weighted by molar-refractivity contribution is 0.109. The second kappa shape index (κ2) is 5.33. The number of aldehydes is 2. The first kappa shape index (κ1) is 14.1. The van der Waals surface area contributed by atoms with Crippen LogP contribution in [0.5, 0.6) is 0 Å². The second-order valence-corrected chi connectivity index (χ2v) is 4.98. The number of rotatable bonds is 4. The second-order valence-electron chi connectivity index (χ2n) is 4.98. The fourth-order valence-electron chi connectivity index (χ4n) is 2.47. The molecule has 0 saturated heterocycles. The van der Waals surface area contributed by atoms with Gasteiger partial charge in [0.25, 0.3) is 0 Å². The largest absolute Gasteiger partial charge is 0.378 e. The van der Waals surface area contributed by atoms with E-state index in [0.29, 0.717) is 11.1 Å². The van der Waals surface area contributed by atoms with Crippen LogP contribution in [-0.4, -0.2) is 31.2 Å². The molecule has 0 saturated carbocycles. The highest BCUT2D eigenvalue weighted by atomic mass is 16.1. The van der Waals surface area contributed by atoms with Crippen LogP contribution in [0.25, 0.3) is 5.69 Å². The molecule has 0 fully saturated rings. The van der Waals surface area contributed by atoms with Crippen molar-refractivity contribution in [2.45, 2.75) is 13.8 Å². The van der Waals surface area contributed by atoms with Crippen molar-refractivity contribution in [1.82, 2.24) is 4.57 Å². The van der Waals surface area contributed by atoms with Gasteiger partial charge in [-0.05, 0) is 38.1 Å². The highest BCUT2D eigenvalue weighted by Crippen LogP contribution is 2.25. The molecule has 1 heterocycles. The van der Waals surface area contributed by atoms with Gasteiger partial charge in [-0.2, -0.15) is 0 Å². The third-order valence-electron chi connectivity index (χ3n) is 3.60. The van der Waals surface area contributed by atoms with Gasteiger partial charge < -0.3 is 9.47 Å². The number of nitrogens with zero attached hydrogens (tertiary/aromatic N) is 2. The van der Waals surface area contributed by atoms with Crippen molar-refractivity contribution in [2.75, 3.05) is 19.0 Å². The Morgan fingerprint density at radius 1 is 0.900 bits per heavy atom. The Hall–Kier alpha value is -2.36. The lowest BCUT2D eigenvalue weighted by Gasteiger charge is -2.14. The Morgan fingerprint density at radius 2 is 1.35 bits per heavy atom. The molecule has 0 aliphatic rings. The van der Waals surface area contributed by atoms with E-state index < -0.39 is 0 Å². The van der Waals surface area contributed by atoms with Gasteiger partial charge in [-0.3, -0.25) is 9.59 Å². The van der Waals surface area contributed by atoms with Crippen molar-refractivity contribution in [2.24, 2.45) is 0 Å². The van der Waals surface area contributed by atoms with E-state index in [2.05, 4.69) is 0 Å². The molecule has 0 aliphatic carbocycles. The molecular formula is C16H18N2O2. The maximum Gasteiger partial charge on any atom is 0.152 e. The Labute approximate surface area is 118 Å². The van der Waals surface area contributed by atoms with E-state index in [1.807, 2.05) is 61.7 Å². The van der Waals surface area contributed by atoms with Crippen LogP contribution in [0.1, 0.15) is 32.1 Å². The fourth-order valence-corrected chi connectivity index (χ4v) is 2.47. The summed E-state index contributed by atoms with van der Waals surface area (Å²) in [5, 5.41) is 0. The molecule has 0 unspecified atom stereocenters. The fraction of sp³-hybridized carbons (Fsp3) is 0.250. The van der Waals surface area contributed by atoms with E-state index in [1.54, 1.807) is 0 Å². The van der Waals surface area contributed by atoms with E-state index in [4.69, 9.17) is 0 Å². The Morgan fingerprint density at radius 3 is 1.70 bits per heavy atom. The molecular weight excluding hydrogens is 252 g/mol. The average molecular weight is 270 g/mol. The first-order valence-electron chi connectivity index (χ1n) is 6.41. The van der Waals surface area contributed by atoms with E-state index in [9.17, 15) is 9.59 Å². The Bertz CT molecular complexity index is 621. The van der Waals surface area contributed by atoms with Crippen LogP contribution in [0.2, 0.25) is 0 Å². The van der Waals surface area contributed by atoms with Gasteiger partial charge in [0.05, 0.1) is 0 Å². The van der Waals surface area contributed by atoms with Crippen LogP contribution in [0.3, 0.4) is 0 Å². The van der Waals surface area contributed by atoms with Crippen LogP contribution in [-0.2, 0) is 0 Å². The van der Waals surface area contributed by atoms with E-state index in [-0.39, 0.29) is 0 Å². The number of anilines is 1. The summed E-state index contributed by atoms with van der Waals surface area (Å²) in [6.07, 6.45) is 1.49. The predicted molar refractivity (Wildman–Crippen MR) is 80.3 cm³/mol. The lowest BCUT2D eigenvalue weighted by atomic mass is 10.1. The van der Waals surface area contributed by atoms with Crippen LogP contribution < -0.4 is 4.90 Å².